The Bertz CT molecular complexity index is 169. The van der Waals surface area contributed by atoms with Crippen molar-refractivity contribution in [2.24, 2.45) is 0 Å². The molecule has 0 aromatic rings. The minimum atomic E-state index is -1.04. The monoisotopic (exact) mass is 327 g/mol. The number of hydrogen-bond acceptors (Lipinski definition) is 0. The average Bonchev–Trinajstić information content (AvgIpc) is 3.02. The summed E-state index contributed by atoms with van der Waals surface area (Å²) in [4.78, 5) is 0. The van der Waals surface area contributed by atoms with Gasteiger partial charge in [-0.05, 0) is 0 Å². The van der Waals surface area contributed by atoms with Crippen LogP contribution < -0.4 is 0 Å². The molecular weight excluding hydrogens is 299 g/mol. The molecule has 0 saturated heterocycles. The second kappa shape index (κ2) is 5.63. The van der Waals surface area contributed by atoms with E-state index in [1.165, 1.54) is 11.8 Å². The minimum absolute atomic E-state index is 1.04. The van der Waals surface area contributed by atoms with Crippen LogP contribution in [0.15, 0.2) is 0 Å². The summed E-state index contributed by atoms with van der Waals surface area (Å²) in [5.74, 6) is 0. The molecule has 3 aliphatic carbocycles. The van der Waals surface area contributed by atoms with E-state index in [9.17, 15) is 0 Å². The molecule has 3 aliphatic rings. The Balaban J connectivity index is 1.70. The van der Waals surface area contributed by atoms with Gasteiger partial charge in [-0.1, -0.05) is 0 Å². The number of rotatable bonds is 3. The Morgan fingerprint density at radius 2 is 0.688 bits per heavy atom. The van der Waals surface area contributed by atoms with Crippen LogP contribution >= 0.6 is 0 Å². The quantitative estimate of drug-likeness (QED) is 0.616. The maximum absolute atomic E-state index is 1.67. The molecule has 3 fully saturated rings. The molecule has 3 saturated carbocycles. The van der Waals surface area contributed by atoms with E-state index in [4.69, 9.17) is 0 Å². The first-order valence-corrected chi connectivity index (χ1v) is 12.8. The average molecular weight is 326 g/mol. The van der Waals surface area contributed by atoms with Crippen molar-refractivity contribution >= 4 is 19.8 Å². The molecular formula is C15H27Sn+. The summed E-state index contributed by atoms with van der Waals surface area (Å²) in [5, 5.41) is 0. The van der Waals surface area contributed by atoms with Gasteiger partial charge in [0.25, 0.3) is 0 Å². The van der Waals surface area contributed by atoms with Gasteiger partial charge in [-0.2, -0.15) is 0 Å². The molecule has 16 heavy (non-hydrogen) atoms. The van der Waals surface area contributed by atoms with E-state index in [1.807, 2.05) is 0 Å². The van der Waals surface area contributed by atoms with Crippen molar-refractivity contribution in [2.45, 2.75) is 88.9 Å². The second-order valence-electron chi connectivity index (χ2n) is 6.44. The Hall–Kier alpha value is 0.799. The summed E-state index contributed by atoms with van der Waals surface area (Å²) in [5.41, 5.74) is 0. The van der Waals surface area contributed by atoms with Gasteiger partial charge in [-0.25, -0.2) is 0 Å². The Morgan fingerprint density at radius 1 is 0.438 bits per heavy atom. The van der Waals surface area contributed by atoms with E-state index < -0.39 is 19.8 Å². The predicted octanol–water partition coefficient (Wildman–Crippen LogP) is 5.31. The zero-order valence-corrected chi connectivity index (χ0v) is 13.6. The Kier molecular flexibility index (Phi) is 4.17. The normalized spacial score (nSPS) is 29.2. The molecule has 0 spiro atoms. The zero-order chi connectivity index (χ0) is 10.8. The standard InChI is InChI=1S/3C5H9.Sn/c3*1-2-4-5-3-1;/h3*1H,2-5H2;/q;;;+1. The van der Waals surface area contributed by atoms with Gasteiger partial charge < -0.3 is 0 Å². The fourth-order valence-corrected chi connectivity index (χ4v) is 19.7. The molecule has 0 N–H and O–H groups in total. The first-order chi connectivity index (χ1) is 7.95. The molecule has 0 aromatic carbocycles. The van der Waals surface area contributed by atoms with E-state index in [-0.39, 0.29) is 0 Å². The van der Waals surface area contributed by atoms with Crippen LogP contribution in [0.5, 0.6) is 0 Å². The van der Waals surface area contributed by atoms with Crippen molar-refractivity contribution in [3.05, 3.63) is 0 Å². The Labute approximate surface area is 108 Å². The Morgan fingerprint density at radius 3 is 0.938 bits per heavy atom. The molecule has 0 nitrogen and oxygen atoms in total. The van der Waals surface area contributed by atoms with Crippen molar-refractivity contribution < 1.29 is 0 Å². The van der Waals surface area contributed by atoms with Crippen LogP contribution in [0.4, 0.5) is 0 Å². The van der Waals surface area contributed by atoms with Gasteiger partial charge in [-0.3, -0.25) is 0 Å². The molecule has 0 unspecified atom stereocenters. The van der Waals surface area contributed by atoms with Crippen LogP contribution in [0.1, 0.15) is 77.0 Å². The van der Waals surface area contributed by atoms with Crippen molar-refractivity contribution in [1.29, 1.82) is 0 Å². The van der Waals surface area contributed by atoms with Gasteiger partial charge in [0.15, 0.2) is 0 Å². The van der Waals surface area contributed by atoms with Crippen molar-refractivity contribution in [1.82, 2.24) is 0 Å². The van der Waals surface area contributed by atoms with Gasteiger partial charge >= 0.3 is 109 Å². The van der Waals surface area contributed by atoms with Gasteiger partial charge in [0.2, 0.25) is 0 Å². The molecule has 0 bridgehead atoms. The van der Waals surface area contributed by atoms with Crippen LogP contribution in [0.3, 0.4) is 0 Å². The molecule has 0 radical (unpaired) electrons. The van der Waals surface area contributed by atoms with E-state index in [0.29, 0.717) is 0 Å². The van der Waals surface area contributed by atoms with E-state index >= 15 is 0 Å². The van der Waals surface area contributed by atoms with E-state index in [0.717, 1.165) is 0 Å². The maximum atomic E-state index is 1.67. The molecule has 0 aromatic heterocycles. The van der Waals surface area contributed by atoms with Crippen molar-refractivity contribution in [2.75, 3.05) is 0 Å². The summed E-state index contributed by atoms with van der Waals surface area (Å²) in [6.07, 6.45) is 19.6. The topological polar surface area (TPSA) is 0 Å². The third kappa shape index (κ3) is 2.47. The van der Waals surface area contributed by atoms with Gasteiger partial charge in [0.1, 0.15) is 0 Å². The predicted molar refractivity (Wildman–Crippen MR) is 72.4 cm³/mol. The van der Waals surface area contributed by atoms with E-state index in [2.05, 4.69) is 0 Å². The number of hydrogen-bond donors (Lipinski definition) is 0. The fraction of sp³-hybridized carbons (Fsp3) is 1.00. The SMILES string of the molecule is C1CC[CH]([Sn+]([CH]2CCCC2)[CH]2CCCC2)C1. The zero-order valence-electron chi connectivity index (χ0n) is 10.7. The first kappa shape index (κ1) is 11.9. The third-order valence-corrected chi connectivity index (χ3v) is 18.5. The summed E-state index contributed by atoms with van der Waals surface area (Å²) < 4.78 is 4.02. The van der Waals surface area contributed by atoms with Crippen LogP contribution in [0.2, 0.25) is 11.8 Å². The summed E-state index contributed by atoms with van der Waals surface area (Å²) in [6, 6.07) is 0. The van der Waals surface area contributed by atoms with Crippen LogP contribution in [-0.4, -0.2) is 19.8 Å². The van der Waals surface area contributed by atoms with Crippen molar-refractivity contribution in [3.63, 3.8) is 0 Å². The molecule has 1 heteroatoms. The van der Waals surface area contributed by atoms with Crippen LogP contribution in [0, 0.1) is 0 Å². The molecule has 0 amide bonds. The molecule has 3 rings (SSSR count). The van der Waals surface area contributed by atoms with Crippen molar-refractivity contribution in [3.8, 4) is 0 Å². The fourth-order valence-electron chi connectivity index (χ4n) is 4.78. The molecule has 0 atom stereocenters. The summed E-state index contributed by atoms with van der Waals surface area (Å²) >= 11 is -1.04. The van der Waals surface area contributed by atoms with Crippen LogP contribution in [0.25, 0.3) is 0 Å². The summed E-state index contributed by atoms with van der Waals surface area (Å²) in [6.45, 7) is 0. The van der Waals surface area contributed by atoms with Gasteiger partial charge in [-0.15, -0.1) is 0 Å². The van der Waals surface area contributed by atoms with E-state index in [1.54, 1.807) is 77.0 Å². The third-order valence-electron chi connectivity index (χ3n) is 5.48. The van der Waals surface area contributed by atoms with Crippen LogP contribution in [-0.2, 0) is 0 Å². The first-order valence-electron chi connectivity index (χ1n) is 7.82. The van der Waals surface area contributed by atoms with Gasteiger partial charge in [0.05, 0.1) is 0 Å². The molecule has 0 aliphatic heterocycles. The molecule has 90 valence electrons. The second-order valence-corrected chi connectivity index (χ2v) is 16.3. The van der Waals surface area contributed by atoms with Gasteiger partial charge in [0, 0.05) is 0 Å². The summed E-state index contributed by atoms with van der Waals surface area (Å²) in [7, 11) is 0. The molecule has 0 heterocycles.